The van der Waals surface area contributed by atoms with Crippen molar-refractivity contribution < 1.29 is 18.4 Å². The summed E-state index contributed by atoms with van der Waals surface area (Å²) in [6.45, 7) is 2.61. The highest BCUT2D eigenvalue weighted by atomic mass is 19.1. The molecular formula is C29H29FN4O3. The van der Waals surface area contributed by atoms with Crippen LogP contribution in [0.3, 0.4) is 0 Å². The first-order valence-electron chi connectivity index (χ1n) is 12.5. The van der Waals surface area contributed by atoms with Crippen LogP contribution in [0.15, 0.2) is 83.4 Å². The van der Waals surface area contributed by atoms with Crippen molar-refractivity contribution in [1.29, 1.82) is 0 Å². The number of benzene rings is 3. The highest BCUT2D eigenvalue weighted by molar-refractivity contribution is 5.92. The van der Waals surface area contributed by atoms with Gasteiger partial charge in [0, 0.05) is 29.7 Å². The summed E-state index contributed by atoms with van der Waals surface area (Å²) in [5.74, 6) is 1.35. The zero-order chi connectivity index (χ0) is 25.5. The summed E-state index contributed by atoms with van der Waals surface area (Å²) in [6.07, 6.45) is 2.32. The topological polar surface area (TPSA) is 80.5 Å². The van der Waals surface area contributed by atoms with Gasteiger partial charge in [-0.15, -0.1) is 0 Å². The van der Waals surface area contributed by atoms with Crippen LogP contribution in [0.2, 0.25) is 0 Å². The Labute approximate surface area is 215 Å². The molecule has 0 radical (unpaired) electrons. The van der Waals surface area contributed by atoms with Crippen molar-refractivity contribution in [2.24, 2.45) is 5.92 Å². The van der Waals surface area contributed by atoms with E-state index in [0.717, 1.165) is 43.8 Å². The van der Waals surface area contributed by atoms with E-state index in [1.165, 1.54) is 17.7 Å². The van der Waals surface area contributed by atoms with E-state index in [9.17, 15) is 9.18 Å². The van der Waals surface area contributed by atoms with Gasteiger partial charge in [-0.3, -0.25) is 9.69 Å². The molecule has 5 rings (SSSR count). The molecule has 1 aliphatic heterocycles. The Bertz CT molecular complexity index is 1300. The lowest BCUT2D eigenvalue weighted by Gasteiger charge is -2.30. The molecule has 0 saturated carbocycles. The molecule has 7 nitrogen and oxygen atoms in total. The molecule has 1 amide bonds. The van der Waals surface area contributed by atoms with Crippen LogP contribution in [-0.4, -0.2) is 40.6 Å². The monoisotopic (exact) mass is 500 g/mol. The highest BCUT2D eigenvalue weighted by Gasteiger charge is 2.26. The van der Waals surface area contributed by atoms with E-state index in [1.54, 1.807) is 12.1 Å². The Morgan fingerprint density at radius 1 is 1.03 bits per heavy atom. The van der Waals surface area contributed by atoms with Crippen molar-refractivity contribution in [3.05, 3.63) is 96.1 Å². The van der Waals surface area contributed by atoms with Crippen LogP contribution in [0.25, 0.3) is 11.4 Å². The number of likely N-dealkylation sites (tertiary alicyclic amines) is 1. The van der Waals surface area contributed by atoms with E-state index in [2.05, 4.69) is 32.5 Å². The van der Waals surface area contributed by atoms with Gasteiger partial charge >= 0.3 is 0 Å². The van der Waals surface area contributed by atoms with E-state index < -0.39 is 0 Å². The molecule has 4 aromatic rings. The van der Waals surface area contributed by atoms with E-state index in [1.807, 2.05) is 42.5 Å². The van der Waals surface area contributed by atoms with Crippen LogP contribution >= 0.6 is 0 Å². The number of amides is 1. The van der Waals surface area contributed by atoms with Crippen LogP contribution in [0.5, 0.6) is 5.75 Å². The Kier molecular flexibility index (Phi) is 7.86. The fourth-order valence-corrected chi connectivity index (χ4v) is 4.42. The number of nitrogens with zero attached hydrogens (tertiary/aromatic N) is 3. The van der Waals surface area contributed by atoms with Crippen molar-refractivity contribution in [3.8, 4) is 17.1 Å². The molecule has 1 fully saturated rings. The molecule has 1 N–H and O–H groups in total. The summed E-state index contributed by atoms with van der Waals surface area (Å²) in [7, 11) is 0. The Hall–Kier alpha value is -4.04. The number of rotatable bonds is 9. The third kappa shape index (κ3) is 6.80. The third-order valence-electron chi connectivity index (χ3n) is 6.49. The number of halogens is 1. The smallest absolute Gasteiger partial charge is 0.241 e. The van der Waals surface area contributed by atoms with Gasteiger partial charge in [-0.05, 0) is 67.9 Å². The van der Waals surface area contributed by atoms with Gasteiger partial charge in [0.05, 0.1) is 13.2 Å². The van der Waals surface area contributed by atoms with Gasteiger partial charge in [-0.2, -0.15) is 4.98 Å². The summed E-state index contributed by atoms with van der Waals surface area (Å²) in [5, 5.41) is 7.05. The summed E-state index contributed by atoms with van der Waals surface area (Å²) >= 11 is 0. The van der Waals surface area contributed by atoms with Gasteiger partial charge in [0.2, 0.25) is 17.6 Å². The Balaban J connectivity index is 1.07. The molecule has 0 aliphatic carbocycles. The minimum Gasteiger partial charge on any atom is -0.493 e. The predicted octanol–water partition coefficient (Wildman–Crippen LogP) is 5.35. The van der Waals surface area contributed by atoms with Gasteiger partial charge in [0.25, 0.3) is 0 Å². The van der Waals surface area contributed by atoms with Crippen LogP contribution in [-0.2, 0) is 17.8 Å². The molecule has 0 unspecified atom stereocenters. The molecule has 0 bridgehead atoms. The number of hydrogen-bond acceptors (Lipinski definition) is 6. The standard InChI is InChI=1S/C29H29FN4O3/c30-24-11-9-22(10-12-24)28-32-27(37-33-28)20-34-16-13-23(14-17-34)29(35)31-25-7-4-8-26(19-25)36-18-15-21-5-2-1-3-6-21/h1-12,19,23H,13-18,20H2,(H,31,35). The lowest BCUT2D eigenvalue weighted by Crippen LogP contribution is -2.37. The lowest BCUT2D eigenvalue weighted by atomic mass is 9.96. The number of ether oxygens (including phenoxy) is 1. The van der Waals surface area contributed by atoms with E-state index in [-0.39, 0.29) is 17.6 Å². The largest absolute Gasteiger partial charge is 0.493 e. The van der Waals surface area contributed by atoms with Crippen molar-refractivity contribution in [1.82, 2.24) is 15.0 Å². The maximum atomic E-state index is 13.1. The predicted molar refractivity (Wildman–Crippen MR) is 138 cm³/mol. The van der Waals surface area contributed by atoms with Crippen LogP contribution in [0.4, 0.5) is 10.1 Å². The van der Waals surface area contributed by atoms with Crippen LogP contribution in [0, 0.1) is 11.7 Å². The van der Waals surface area contributed by atoms with Crippen LogP contribution < -0.4 is 10.1 Å². The number of piperidine rings is 1. The van der Waals surface area contributed by atoms with Crippen molar-refractivity contribution in [2.45, 2.75) is 25.8 Å². The van der Waals surface area contributed by atoms with Crippen LogP contribution in [0.1, 0.15) is 24.3 Å². The molecule has 8 heteroatoms. The Morgan fingerprint density at radius 2 is 1.81 bits per heavy atom. The van der Waals surface area contributed by atoms with E-state index in [4.69, 9.17) is 9.26 Å². The number of nitrogens with one attached hydrogen (secondary N) is 1. The van der Waals surface area contributed by atoms with Crippen molar-refractivity contribution in [3.63, 3.8) is 0 Å². The van der Waals surface area contributed by atoms with Gasteiger partial charge in [-0.1, -0.05) is 41.6 Å². The quantitative estimate of drug-likeness (QED) is 0.334. The maximum Gasteiger partial charge on any atom is 0.241 e. The molecule has 0 spiro atoms. The van der Waals surface area contributed by atoms with E-state index >= 15 is 0 Å². The van der Waals surface area contributed by atoms with Gasteiger partial charge in [-0.25, -0.2) is 4.39 Å². The summed E-state index contributed by atoms with van der Waals surface area (Å²) in [5.41, 5.74) is 2.67. The minimum atomic E-state index is -0.306. The minimum absolute atomic E-state index is 0.0254. The highest BCUT2D eigenvalue weighted by Crippen LogP contribution is 2.23. The molecule has 0 atom stereocenters. The zero-order valence-corrected chi connectivity index (χ0v) is 20.5. The van der Waals surface area contributed by atoms with Crippen molar-refractivity contribution in [2.75, 3.05) is 25.0 Å². The van der Waals surface area contributed by atoms with Gasteiger partial charge < -0.3 is 14.6 Å². The normalized spacial score (nSPS) is 14.4. The first-order chi connectivity index (χ1) is 18.1. The number of aromatic nitrogens is 2. The Morgan fingerprint density at radius 3 is 2.59 bits per heavy atom. The molecule has 2 heterocycles. The van der Waals surface area contributed by atoms with Gasteiger partial charge in [0.1, 0.15) is 11.6 Å². The average molecular weight is 501 g/mol. The second-order valence-electron chi connectivity index (χ2n) is 9.17. The van der Waals surface area contributed by atoms with E-state index in [0.29, 0.717) is 30.4 Å². The fraction of sp³-hybridized carbons (Fsp3) is 0.276. The summed E-state index contributed by atoms with van der Waals surface area (Å²) in [4.78, 5) is 19.5. The molecule has 190 valence electrons. The lowest BCUT2D eigenvalue weighted by molar-refractivity contribution is -0.121. The third-order valence-corrected chi connectivity index (χ3v) is 6.49. The summed E-state index contributed by atoms with van der Waals surface area (Å²) < 4.78 is 24.4. The van der Waals surface area contributed by atoms with Gasteiger partial charge in [0.15, 0.2) is 0 Å². The first-order valence-corrected chi connectivity index (χ1v) is 12.5. The SMILES string of the molecule is O=C(Nc1cccc(OCCc2ccccc2)c1)C1CCN(Cc2nc(-c3ccc(F)cc3)no2)CC1. The molecule has 1 aliphatic rings. The first kappa shape index (κ1) is 24.6. The number of hydrogen-bond donors (Lipinski definition) is 1. The number of carbonyl (C=O) groups is 1. The molecule has 1 aromatic heterocycles. The zero-order valence-electron chi connectivity index (χ0n) is 20.5. The second-order valence-corrected chi connectivity index (χ2v) is 9.17. The molecular weight excluding hydrogens is 471 g/mol. The average Bonchev–Trinajstić information content (AvgIpc) is 3.39. The molecule has 37 heavy (non-hydrogen) atoms. The summed E-state index contributed by atoms with van der Waals surface area (Å²) in [6, 6.07) is 23.7. The fourth-order valence-electron chi connectivity index (χ4n) is 4.42. The number of carbonyl (C=O) groups excluding carboxylic acids is 1. The number of anilines is 1. The molecule has 1 saturated heterocycles. The maximum absolute atomic E-state index is 13.1. The van der Waals surface area contributed by atoms with Crippen molar-refractivity contribution >= 4 is 11.6 Å². The second kappa shape index (κ2) is 11.8. The molecule has 3 aromatic carbocycles.